The van der Waals surface area contributed by atoms with E-state index < -0.39 is 0 Å². The number of halogens is 1. The topological polar surface area (TPSA) is 29.9 Å². The van der Waals surface area contributed by atoms with Gasteiger partial charge in [0.1, 0.15) is 5.82 Å². The number of nitrogens with one attached hydrogen (secondary N) is 1. The van der Waals surface area contributed by atoms with E-state index >= 15 is 0 Å². The second-order valence-electron chi connectivity index (χ2n) is 5.40. The van der Waals surface area contributed by atoms with Crippen molar-refractivity contribution in [2.75, 3.05) is 0 Å². The van der Waals surface area contributed by atoms with Gasteiger partial charge in [0.25, 0.3) is 0 Å². The lowest BCUT2D eigenvalue weighted by Gasteiger charge is -2.09. The van der Waals surface area contributed by atoms with Crippen LogP contribution in [0, 0.1) is 0 Å². The molecule has 1 N–H and O–H groups in total. The molecule has 0 radical (unpaired) electrons. The van der Waals surface area contributed by atoms with Crippen LogP contribution < -0.4 is 5.32 Å². The smallest absolute Gasteiger partial charge is 0.123 e. The van der Waals surface area contributed by atoms with Crippen LogP contribution in [0.2, 0.25) is 5.02 Å². The molecule has 1 aromatic heterocycles. The molecule has 0 aliphatic carbocycles. The Morgan fingerprint density at radius 1 is 1.05 bits per heavy atom. The van der Waals surface area contributed by atoms with Crippen LogP contribution in [0.4, 0.5) is 0 Å². The molecule has 0 saturated heterocycles. The number of aryl methyl sites for hydroxylation is 1. The monoisotopic (exact) mass is 313 g/mol. The maximum Gasteiger partial charge on any atom is 0.123 e. The van der Waals surface area contributed by atoms with Crippen LogP contribution in [0.1, 0.15) is 24.7 Å². The van der Waals surface area contributed by atoms with Crippen molar-refractivity contribution in [3.8, 4) is 0 Å². The number of imidazole rings is 1. The number of rotatable bonds is 6. The fourth-order valence-electron chi connectivity index (χ4n) is 2.65. The van der Waals surface area contributed by atoms with Crippen molar-refractivity contribution < 1.29 is 0 Å². The summed E-state index contributed by atoms with van der Waals surface area (Å²) in [5.41, 5.74) is 3.51. The third kappa shape index (κ3) is 3.32. The molecule has 3 nitrogen and oxygen atoms in total. The second-order valence-corrected chi connectivity index (χ2v) is 5.83. The van der Waals surface area contributed by atoms with E-state index in [1.54, 1.807) is 0 Å². The first-order valence-electron chi connectivity index (χ1n) is 7.67. The Labute approximate surface area is 135 Å². The van der Waals surface area contributed by atoms with Crippen molar-refractivity contribution in [3.05, 3.63) is 64.9 Å². The molecule has 0 atom stereocenters. The third-order valence-electron chi connectivity index (χ3n) is 3.71. The van der Waals surface area contributed by atoms with Crippen LogP contribution in [0.25, 0.3) is 11.0 Å². The normalized spacial score (nSPS) is 11.2. The van der Waals surface area contributed by atoms with Gasteiger partial charge in [0.15, 0.2) is 0 Å². The number of hydrogen-bond acceptors (Lipinski definition) is 2. The Balaban J connectivity index is 1.72. The Morgan fingerprint density at radius 2 is 1.82 bits per heavy atom. The van der Waals surface area contributed by atoms with Crippen molar-refractivity contribution in [2.45, 2.75) is 33.0 Å². The number of benzene rings is 2. The van der Waals surface area contributed by atoms with Gasteiger partial charge in [0.05, 0.1) is 17.6 Å². The average molecular weight is 314 g/mol. The van der Waals surface area contributed by atoms with E-state index in [1.807, 2.05) is 30.3 Å². The lowest BCUT2D eigenvalue weighted by Crippen LogP contribution is -2.16. The largest absolute Gasteiger partial charge is 0.327 e. The third-order valence-corrected chi connectivity index (χ3v) is 3.96. The van der Waals surface area contributed by atoms with Gasteiger partial charge in [0.2, 0.25) is 0 Å². The van der Waals surface area contributed by atoms with E-state index in [2.05, 4.69) is 35.0 Å². The molecule has 22 heavy (non-hydrogen) atoms. The first-order valence-corrected chi connectivity index (χ1v) is 8.05. The minimum Gasteiger partial charge on any atom is -0.327 e. The van der Waals surface area contributed by atoms with Gasteiger partial charge in [-0.2, -0.15) is 0 Å². The van der Waals surface area contributed by atoms with E-state index in [1.165, 1.54) is 11.1 Å². The number of fused-ring (bicyclic) bond motifs is 1. The molecule has 0 aliphatic heterocycles. The summed E-state index contributed by atoms with van der Waals surface area (Å²) in [5.74, 6) is 1.09. The predicted molar refractivity (Wildman–Crippen MR) is 92.0 cm³/mol. The van der Waals surface area contributed by atoms with Gasteiger partial charge in [0, 0.05) is 18.1 Å². The van der Waals surface area contributed by atoms with Crippen molar-refractivity contribution in [3.63, 3.8) is 0 Å². The van der Waals surface area contributed by atoms with E-state index in [0.717, 1.165) is 42.4 Å². The molecule has 0 saturated carbocycles. The highest BCUT2D eigenvalue weighted by Gasteiger charge is 2.09. The van der Waals surface area contributed by atoms with E-state index in [4.69, 9.17) is 16.6 Å². The summed E-state index contributed by atoms with van der Waals surface area (Å²) in [6, 6.07) is 16.3. The number of nitrogens with zero attached hydrogens (tertiary/aromatic N) is 2. The molecular weight excluding hydrogens is 294 g/mol. The lowest BCUT2D eigenvalue weighted by atomic mass is 10.2. The molecule has 0 bridgehead atoms. The molecule has 4 heteroatoms. The summed E-state index contributed by atoms with van der Waals surface area (Å²) in [6.07, 6.45) is 1.10. The summed E-state index contributed by atoms with van der Waals surface area (Å²) in [5, 5.41) is 4.24. The lowest BCUT2D eigenvalue weighted by molar-refractivity contribution is 0.598. The molecule has 0 fully saturated rings. The van der Waals surface area contributed by atoms with Crippen LogP contribution in [0.15, 0.2) is 48.5 Å². The first kappa shape index (κ1) is 15.1. The van der Waals surface area contributed by atoms with Crippen molar-refractivity contribution in [2.24, 2.45) is 0 Å². The molecule has 0 aliphatic rings. The van der Waals surface area contributed by atoms with Gasteiger partial charge in [-0.05, 0) is 36.2 Å². The molecule has 0 spiro atoms. The summed E-state index contributed by atoms with van der Waals surface area (Å²) in [7, 11) is 0. The van der Waals surface area contributed by atoms with Crippen LogP contribution in [0.5, 0.6) is 0 Å². The Hall–Kier alpha value is -1.84. The molecule has 2 aromatic carbocycles. The van der Waals surface area contributed by atoms with Crippen molar-refractivity contribution in [1.29, 1.82) is 0 Å². The zero-order chi connectivity index (χ0) is 15.4. The van der Waals surface area contributed by atoms with E-state index in [9.17, 15) is 0 Å². The fourth-order valence-corrected chi connectivity index (χ4v) is 2.78. The van der Waals surface area contributed by atoms with Gasteiger partial charge < -0.3 is 9.88 Å². The van der Waals surface area contributed by atoms with Crippen LogP contribution >= 0.6 is 11.6 Å². The van der Waals surface area contributed by atoms with Gasteiger partial charge >= 0.3 is 0 Å². The van der Waals surface area contributed by atoms with Crippen molar-refractivity contribution >= 4 is 22.6 Å². The standard InChI is InChI=1S/C18H20ClN3/c1-2-11-22-17-6-4-3-5-16(17)21-18(22)13-20-12-14-7-9-15(19)10-8-14/h3-10,20H,2,11-13H2,1H3. The first-order chi connectivity index (χ1) is 10.8. The Morgan fingerprint density at radius 3 is 2.59 bits per heavy atom. The molecule has 0 unspecified atom stereocenters. The minimum absolute atomic E-state index is 0.761. The Kier molecular flexibility index (Phi) is 4.76. The zero-order valence-corrected chi connectivity index (χ0v) is 13.5. The summed E-state index contributed by atoms with van der Waals surface area (Å²) < 4.78 is 2.31. The van der Waals surface area contributed by atoms with Gasteiger partial charge in [-0.15, -0.1) is 0 Å². The quantitative estimate of drug-likeness (QED) is 0.731. The zero-order valence-electron chi connectivity index (χ0n) is 12.7. The van der Waals surface area contributed by atoms with Crippen LogP contribution in [-0.2, 0) is 19.6 Å². The predicted octanol–water partition coefficient (Wildman–Crippen LogP) is 4.39. The van der Waals surface area contributed by atoms with Crippen LogP contribution in [-0.4, -0.2) is 9.55 Å². The van der Waals surface area contributed by atoms with Gasteiger partial charge in [-0.3, -0.25) is 0 Å². The van der Waals surface area contributed by atoms with E-state index in [-0.39, 0.29) is 0 Å². The maximum atomic E-state index is 5.91. The van der Waals surface area contributed by atoms with Gasteiger partial charge in [-0.25, -0.2) is 4.98 Å². The fraction of sp³-hybridized carbons (Fsp3) is 0.278. The van der Waals surface area contributed by atoms with Crippen molar-refractivity contribution in [1.82, 2.24) is 14.9 Å². The highest BCUT2D eigenvalue weighted by atomic mass is 35.5. The molecule has 3 rings (SSSR count). The van der Waals surface area contributed by atoms with E-state index in [0.29, 0.717) is 0 Å². The molecular formula is C18H20ClN3. The summed E-state index contributed by atoms with van der Waals surface area (Å²) in [6.45, 7) is 4.77. The highest BCUT2D eigenvalue weighted by molar-refractivity contribution is 6.30. The molecule has 114 valence electrons. The van der Waals surface area contributed by atoms with Gasteiger partial charge in [-0.1, -0.05) is 42.8 Å². The molecule has 1 heterocycles. The number of aromatic nitrogens is 2. The highest BCUT2D eigenvalue weighted by Crippen LogP contribution is 2.16. The molecule has 3 aromatic rings. The van der Waals surface area contributed by atoms with Crippen LogP contribution in [0.3, 0.4) is 0 Å². The second kappa shape index (κ2) is 6.95. The molecule has 0 amide bonds. The SMILES string of the molecule is CCCn1c(CNCc2ccc(Cl)cc2)nc2ccccc21. The number of hydrogen-bond donors (Lipinski definition) is 1. The summed E-state index contributed by atoms with van der Waals surface area (Å²) in [4.78, 5) is 4.76. The minimum atomic E-state index is 0.761. The maximum absolute atomic E-state index is 5.91. The summed E-state index contributed by atoms with van der Waals surface area (Å²) >= 11 is 5.91. The Bertz CT molecular complexity index is 747. The average Bonchev–Trinajstić information content (AvgIpc) is 2.88. The number of para-hydroxylation sites is 2.